The molecule has 100 valence electrons. The first-order valence-corrected chi connectivity index (χ1v) is 5.94. The fraction of sp³-hybridized carbons (Fsp3) is 0.286. The van der Waals surface area contributed by atoms with Gasteiger partial charge in [-0.1, -0.05) is 12.1 Å². The highest BCUT2D eigenvalue weighted by Crippen LogP contribution is 2.25. The van der Waals surface area contributed by atoms with Crippen LogP contribution in [0, 0.1) is 13.8 Å². The Balaban J connectivity index is 2.06. The maximum absolute atomic E-state index is 12.0. The first kappa shape index (κ1) is 13.1. The van der Waals surface area contributed by atoms with Gasteiger partial charge in [0.15, 0.2) is 18.1 Å². The molecule has 5 heteroatoms. The summed E-state index contributed by atoms with van der Waals surface area (Å²) in [7, 11) is 1.56. The van der Waals surface area contributed by atoms with E-state index in [-0.39, 0.29) is 12.5 Å². The Hall–Kier alpha value is -2.30. The molecule has 5 nitrogen and oxygen atoms in total. The molecule has 0 N–H and O–H groups in total. The van der Waals surface area contributed by atoms with E-state index in [1.54, 1.807) is 19.2 Å². The van der Waals surface area contributed by atoms with Gasteiger partial charge in [-0.15, -0.1) is 0 Å². The Kier molecular flexibility index (Phi) is 3.85. The van der Waals surface area contributed by atoms with Gasteiger partial charge in [0.1, 0.15) is 0 Å². The Morgan fingerprint density at radius 2 is 1.95 bits per heavy atom. The predicted octanol–water partition coefficient (Wildman–Crippen LogP) is 2.23. The van der Waals surface area contributed by atoms with Crippen molar-refractivity contribution in [3.63, 3.8) is 0 Å². The van der Waals surface area contributed by atoms with E-state index in [9.17, 15) is 4.79 Å². The number of hydrogen-bond donors (Lipinski definition) is 0. The second-order valence-corrected chi connectivity index (χ2v) is 4.17. The molecule has 0 aliphatic rings. The lowest BCUT2D eigenvalue weighted by molar-refractivity contribution is 0.0816. The van der Waals surface area contributed by atoms with Gasteiger partial charge < -0.3 is 9.47 Å². The minimum absolute atomic E-state index is 0.0810. The molecule has 2 rings (SSSR count). The molecule has 0 unspecified atom stereocenters. The third-order valence-electron chi connectivity index (χ3n) is 2.67. The van der Waals surface area contributed by atoms with Gasteiger partial charge in [-0.05, 0) is 32.0 Å². The van der Waals surface area contributed by atoms with Crippen LogP contribution in [0.2, 0.25) is 0 Å². The summed E-state index contributed by atoms with van der Waals surface area (Å²) in [5.74, 6) is 0.931. The third kappa shape index (κ3) is 2.93. The van der Waals surface area contributed by atoms with Gasteiger partial charge in [-0.3, -0.25) is 4.79 Å². The second-order valence-electron chi connectivity index (χ2n) is 4.17. The summed E-state index contributed by atoms with van der Waals surface area (Å²) in [6.45, 7) is 3.60. The highest BCUT2D eigenvalue weighted by molar-refractivity contribution is 5.80. The number of nitrogens with zero attached hydrogens (tertiary/aromatic N) is 2. The number of benzene rings is 1. The Labute approximate surface area is 111 Å². The van der Waals surface area contributed by atoms with Gasteiger partial charge in [-0.25, -0.2) is 4.68 Å². The van der Waals surface area contributed by atoms with Crippen LogP contribution in [0.15, 0.2) is 30.3 Å². The number of para-hydroxylation sites is 2. The van der Waals surface area contributed by atoms with Crippen molar-refractivity contribution in [2.75, 3.05) is 13.7 Å². The number of ether oxygens (including phenoxy) is 2. The monoisotopic (exact) mass is 260 g/mol. The Bertz CT molecular complexity index is 590. The first-order valence-electron chi connectivity index (χ1n) is 5.94. The van der Waals surface area contributed by atoms with Crippen LogP contribution in [0.4, 0.5) is 0 Å². The average Bonchev–Trinajstić information content (AvgIpc) is 2.75. The van der Waals surface area contributed by atoms with Crippen molar-refractivity contribution in [1.29, 1.82) is 0 Å². The summed E-state index contributed by atoms with van der Waals surface area (Å²) in [6, 6.07) is 9.05. The molecule has 19 heavy (non-hydrogen) atoms. The molecule has 0 atom stereocenters. The normalized spacial score (nSPS) is 10.3. The number of carbonyl (C=O) groups excluding carboxylic acids is 1. The van der Waals surface area contributed by atoms with Gasteiger partial charge in [0.2, 0.25) is 0 Å². The lowest BCUT2D eigenvalue weighted by Crippen LogP contribution is -2.21. The molecule has 2 aromatic rings. The molecule has 0 saturated heterocycles. The second kappa shape index (κ2) is 5.56. The van der Waals surface area contributed by atoms with Crippen molar-refractivity contribution in [2.24, 2.45) is 0 Å². The molecule has 0 aliphatic carbocycles. The molecule has 0 saturated carbocycles. The molecular formula is C14H16N2O3. The van der Waals surface area contributed by atoms with Crippen LogP contribution < -0.4 is 9.47 Å². The molecule has 1 heterocycles. The van der Waals surface area contributed by atoms with Crippen LogP contribution >= 0.6 is 0 Å². The van der Waals surface area contributed by atoms with Gasteiger partial charge in [0, 0.05) is 5.69 Å². The zero-order valence-electron chi connectivity index (χ0n) is 11.2. The van der Waals surface area contributed by atoms with Crippen LogP contribution in [0.5, 0.6) is 11.5 Å². The SMILES string of the molecule is COc1ccccc1OCC(=O)n1nc(C)cc1C. The molecule has 0 fully saturated rings. The standard InChI is InChI=1S/C14H16N2O3/c1-10-8-11(2)16(15-10)14(17)9-19-13-7-5-4-6-12(13)18-3/h4-8H,9H2,1-3H3. The zero-order valence-corrected chi connectivity index (χ0v) is 11.2. The number of methoxy groups -OCH3 is 1. The molecule has 0 bridgehead atoms. The fourth-order valence-electron chi connectivity index (χ4n) is 1.82. The zero-order chi connectivity index (χ0) is 13.8. The number of aryl methyl sites for hydroxylation is 2. The van der Waals surface area contributed by atoms with Crippen molar-refractivity contribution in [3.8, 4) is 11.5 Å². The molecule has 1 aromatic carbocycles. The lowest BCUT2D eigenvalue weighted by Gasteiger charge is -2.10. The van der Waals surface area contributed by atoms with E-state index in [4.69, 9.17) is 9.47 Å². The Morgan fingerprint density at radius 3 is 2.53 bits per heavy atom. The van der Waals surface area contributed by atoms with Gasteiger partial charge >= 0.3 is 0 Å². The predicted molar refractivity (Wildman–Crippen MR) is 70.8 cm³/mol. The van der Waals surface area contributed by atoms with Gasteiger partial charge in [0.25, 0.3) is 5.91 Å². The number of carbonyl (C=O) groups is 1. The lowest BCUT2D eigenvalue weighted by atomic mass is 10.3. The maximum atomic E-state index is 12.0. The Morgan fingerprint density at radius 1 is 1.26 bits per heavy atom. The highest BCUT2D eigenvalue weighted by atomic mass is 16.5. The molecule has 0 spiro atoms. The maximum Gasteiger partial charge on any atom is 0.284 e. The molecular weight excluding hydrogens is 244 g/mol. The van der Waals surface area contributed by atoms with Crippen LogP contribution in [0.1, 0.15) is 16.2 Å². The number of hydrogen-bond acceptors (Lipinski definition) is 4. The van der Waals surface area contributed by atoms with E-state index >= 15 is 0 Å². The summed E-state index contributed by atoms with van der Waals surface area (Å²) >= 11 is 0. The minimum atomic E-state index is -0.212. The summed E-state index contributed by atoms with van der Waals surface area (Å²) in [5, 5.41) is 4.12. The molecule has 0 amide bonds. The highest BCUT2D eigenvalue weighted by Gasteiger charge is 2.12. The van der Waals surface area contributed by atoms with Crippen molar-refractivity contribution >= 4 is 5.91 Å². The number of rotatable bonds is 4. The van der Waals surface area contributed by atoms with Gasteiger partial charge in [-0.2, -0.15) is 5.10 Å². The van der Waals surface area contributed by atoms with E-state index in [1.165, 1.54) is 4.68 Å². The average molecular weight is 260 g/mol. The van der Waals surface area contributed by atoms with Crippen molar-refractivity contribution in [3.05, 3.63) is 41.7 Å². The van der Waals surface area contributed by atoms with E-state index in [2.05, 4.69) is 5.10 Å². The van der Waals surface area contributed by atoms with Crippen molar-refractivity contribution < 1.29 is 14.3 Å². The quantitative estimate of drug-likeness (QED) is 0.846. The van der Waals surface area contributed by atoms with Crippen LogP contribution in [0.3, 0.4) is 0 Å². The molecule has 1 aromatic heterocycles. The summed E-state index contributed by atoms with van der Waals surface area (Å²) in [4.78, 5) is 12.0. The van der Waals surface area contributed by atoms with Crippen LogP contribution in [-0.2, 0) is 0 Å². The van der Waals surface area contributed by atoms with Gasteiger partial charge in [0.05, 0.1) is 12.8 Å². The molecule has 0 radical (unpaired) electrons. The van der Waals surface area contributed by atoms with E-state index in [0.717, 1.165) is 11.4 Å². The minimum Gasteiger partial charge on any atom is -0.493 e. The third-order valence-corrected chi connectivity index (χ3v) is 2.67. The smallest absolute Gasteiger partial charge is 0.284 e. The largest absolute Gasteiger partial charge is 0.493 e. The first-order chi connectivity index (χ1) is 9.11. The number of aromatic nitrogens is 2. The van der Waals surface area contributed by atoms with Crippen LogP contribution in [-0.4, -0.2) is 29.4 Å². The summed E-state index contributed by atoms with van der Waals surface area (Å²) in [5.41, 5.74) is 1.61. The topological polar surface area (TPSA) is 53.4 Å². The van der Waals surface area contributed by atoms with E-state index < -0.39 is 0 Å². The summed E-state index contributed by atoms with van der Waals surface area (Å²) < 4.78 is 12.0. The molecule has 0 aliphatic heterocycles. The van der Waals surface area contributed by atoms with E-state index in [0.29, 0.717) is 11.5 Å². The summed E-state index contributed by atoms with van der Waals surface area (Å²) in [6.07, 6.45) is 0. The van der Waals surface area contributed by atoms with Crippen molar-refractivity contribution in [1.82, 2.24) is 9.78 Å². The van der Waals surface area contributed by atoms with Crippen molar-refractivity contribution in [2.45, 2.75) is 13.8 Å². The fourth-order valence-corrected chi connectivity index (χ4v) is 1.82. The van der Waals surface area contributed by atoms with Crippen LogP contribution in [0.25, 0.3) is 0 Å². The van der Waals surface area contributed by atoms with E-state index in [1.807, 2.05) is 32.0 Å².